The van der Waals surface area contributed by atoms with Crippen molar-refractivity contribution >= 4 is 17.7 Å². The summed E-state index contributed by atoms with van der Waals surface area (Å²) < 4.78 is 39.2. The number of hydroxylamine groups is 1. The largest absolute Gasteiger partial charge is 0.416 e. The van der Waals surface area contributed by atoms with Crippen molar-refractivity contribution in [1.29, 1.82) is 0 Å². The zero-order chi connectivity index (χ0) is 20.6. The summed E-state index contributed by atoms with van der Waals surface area (Å²) in [6, 6.07) is 2.08. The number of nitrogens with zero attached hydrogens (tertiary/aromatic N) is 5. The topological polar surface area (TPSA) is 94.5 Å². The van der Waals surface area contributed by atoms with E-state index < -0.39 is 17.6 Å². The van der Waals surface area contributed by atoms with E-state index in [-0.39, 0.29) is 17.5 Å². The fraction of sp³-hybridized carbons (Fsp3) is 0.444. The average molecular weight is 408 g/mol. The van der Waals surface area contributed by atoms with E-state index in [0.29, 0.717) is 31.4 Å². The Bertz CT molecular complexity index is 892. The van der Waals surface area contributed by atoms with Crippen molar-refractivity contribution in [2.75, 3.05) is 29.4 Å². The first-order valence-corrected chi connectivity index (χ1v) is 9.16. The first-order chi connectivity index (χ1) is 13.8. The molecule has 3 saturated heterocycles. The van der Waals surface area contributed by atoms with E-state index in [1.54, 1.807) is 0 Å². The van der Waals surface area contributed by atoms with E-state index in [1.165, 1.54) is 24.1 Å². The van der Waals surface area contributed by atoms with Gasteiger partial charge in [0.15, 0.2) is 0 Å². The first-order valence-electron chi connectivity index (χ1n) is 9.16. The van der Waals surface area contributed by atoms with Crippen molar-refractivity contribution in [3.63, 3.8) is 0 Å². The number of halogens is 3. The lowest BCUT2D eigenvalue weighted by Gasteiger charge is -2.36. The minimum Gasteiger partial charge on any atom is -0.354 e. The van der Waals surface area contributed by atoms with Gasteiger partial charge in [-0.25, -0.2) is 20.4 Å². The number of piperidine rings is 1. The molecule has 0 saturated carbocycles. The van der Waals surface area contributed by atoms with Gasteiger partial charge in [-0.1, -0.05) is 0 Å². The minimum atomic E-state index is -4.41. The average Bonchev–Trinajstić information content (AvgIpc) is 3.05. The zero-order valence-corrected chi connectivity index (χ0v) is 15.3. The van der Waals surface area contributed by atoms with Crippen molar-refractivity contribution in [2.24, 2.45) is 5.92 Å². The predicted octanol–water partition coefficient (Wildman–Crippen LogP) is 2.11. The monoisotopic (exact) mass is 408 g/mol. The number of amides is 1. The fourth-order valence-electron chi connectivity index (χ4n) is 3.93. The Hall–Kier alpha value is -2.95. The first kappa shape index (κ1) is 19.4. The van der Waals surface area contributed by atoms with Gasteiger partial charge < -0.3 is 9.80 Å². The number of hydrogen-bond acceptors (Lipinski definition) is 7. The molecule has 2 aromatic rings. The standard InChI is InChI=1S/C18H19F3N6O2/c19-18(20,21)13-3-4-22-15(5-13)26-8-11-1-2-14(10-26)27(9-11)17-23-6-12(7-24-17)16(28)25-29/h3-7,11,14,29H,1-2,8-10H2,(H,25,28). The van der Waals surface area contributed by atoms with Crippen LogP contribution in [0.1, 0.15) is 28.8 Å². The van der Waals surface area contributed by atoms with Gasteiger partial charge >= 0.3 is 6.18 Å². The van der Waals surface area contributed by atoms with Crippen LogP contribution in [0, 0.1) is 5.92 Å². The molecule has 3 aliphatic heterocycles. The highest BCUT2D eigenvalue weighted by Gasteiger charge is 2.37. The van der Waals surface area contributed by atoms with Crippen LogP contribution < -0.4 is 15.3 Å². The second-order valence-corrected chi connectivity index (χ2v) is 7.27. The molecule has 1 amide bonds. The lowest BCUT2D eigenvalue weighted by atomic mass is 9.95. The zero-order valence-electron chi connectivity index (χ0n) is 15.3. The van der Waals surface area contributed by atoms with Gasteiger partial charge in [0, 0.05) is 44.3 Å². The maximum absolute atomic E-state index is 13.1. The Morgan fingerprint density at radius 2 is 1.90 bits per heavy atom. The van der Waals surface area contributed by atoms with Gasteiger partial charge in [-0.3, -0.25) is 10.0 Å². The number of alkyl halides is 3. The van der Waals surface area contributed by atoms with Crippen molar-refractivity contribution in [3.8, 4) is 0 Å². The highest BCUT2D eigenvalue weighted by molar-refractivity contribution is 5.92. The van der Waals surface area contributed by atoms with Crippen LogP contribution in [-0.2, 0) is 6.18 Å². The number of anilines is 2. The van der Waals surface area contributed by atoms with E-state index in [9.17, 15) is 18.0 Å². The van der Waals surface area contributed by atoms with Crippen LogP contribution in [-0.4, -0.2) is 51.7 Å². The van der Waals surface area contributed by atoms with E-state index in [0.717, 1.165) is 25.0 Å². The van der Waals surface area contributed by atoms with Crippen LogP contribution in [0.3, 0.4) is 0 Å². The molecule has 154 valence electrons. The van der Waals surface area contributed by atoms with Crippen molar-refractivity contribution in [1.82, 2.24) is 20.4 Å². The molecule has 2 bridgehead atoms. The maximum atomic E-state index is 13.1. The molecule has 0 spiro atoms. The fourth-order valence-corrected chi connectivity index (χ4v) is 3.93. The van der Waals surface area contributed by atoms with E-state index in [1.807, 2.05) is 9.80 Å². The molecule has 8 nitrogen and oxygen atoms in total. The second kappa shape index (κ2) is 7.47. The third-order valence-corrected chi connectivity index (χ3v) is 5.37. The van der Waals surface area contributed by atoms with Crippen LogP contribution >= 0.6 is 0 Å². The van der Waals surface area contributed by atoms with Gasteiger partial charge in [0.05, 0.1) is 11.1 Å². The number of carbonyl (C=O) groups is 1. The molecular weight excluding hydrogens is 389 g/mol. The molecule has 11 heteroatoms. The van der Waals surface area contributed by atoms with Crippen LogP contribution in [0.2, 0.25) is 0 Å². The van der Waals surface area contributed by atoms with Crippen LogP contribution in [0.25, 0.3) is 0 Å². The predicted molar refractivity (Wildman–Crippen MR) is 96.6 cm³/mol. The van der Waals surface area contributed by atoms with Crippen molar-refractivity contribution in [2.45, 2.75) is 25.1 Å². The number of fused-ring (bicyclic) bond motifs is 4. The molecule has 2 aromatic heterocycles. The number of nitrogens with one attached hydrogen (secondary N) is 1. The molecule has 5 heterocycles. The lowest BCUT2D eigenvalue weighted by Crippen LogP contribution is -2.45. The Morgan fingerprint density at radius 3 is 2.59 bits per heavy atom. The van der Waals surface area contributed by atoms with Crippen LogP contribution in [0.4, 0.5) is 24.9 Å². The van der Waals surface area contributed by atoms with Gasteiger partial charge in [0.2, 0.25) is 5.95 Å². The van der Waals surface area contributed by atoms with Gasteiger partial charge in [0.25, 0.3) is 5.91 Å². The SMILES string of the molecule is O=C(NO)c1cnc(N2CC3CCC2CN(c2cc(C(F)(F)F)ccn2)C3)nc1. The van der Waals surface area contributed by atoms with Crippen LogP contribution in [0.5, 0.6) is 0 Å². The van der Waals surface area contributed by atoms with E-state index in [4.69, 9.17) is 5.21 Å². The summed E-state index contributed by atoms with van der Waals surface area (Å²) in [5.74, 6) is 0.298. The molecule has 2 atom stereocenters. The molecule has 2 N–H and O–H groups in total. The Morgan fingerprint density at radius 1 is 1.14 bits per heavy atom. The molecule has 0 aromatic carbocycles. The van der Waals surface area contributed by atoms with Crippen molar-refractivity contribution < 1.29 is 23.2 Å². The van der Waals surface area contributed by atoms with E-state index in [2.05, 4.69) is 15.0 Å². The summed E-state index contributed by atoms with van der Waals surface area (Å²) in [6.45, 7) is 1.78. The van der Waals surface area contributed by atoms with Gasteiger partial charge in [-0.2, -0.15) is 13.2 Å². The summed E-state index contributed by atoms with van der Waals surface area (Å²) in [5.41, 5.74) is 0.950. The summed E-state index contributed by atoms with van der Waals surface area (Å²) in [6.07, 6.45) is 1.27. The Kier molecular flexibility index (Phi) is 4.99. The second-order valence-electron chi connectivity index (χ2n) is 7.27. The summed E-state index contributed by atoms with van der Waals surface area (Å²) in [7, 11) is 0. The number of pyridine rings is 1. The third kappa shape index (κ3) is 3.95. The van der Waals surface area contributed by atoms with E-state index >= 15 is 0 Å². The smallest absolute Gasteiger partial charge is 0.354 e. The molecule has 29 heavy (non-hydrogen) atoms. The number of rotatable bonds is 3. The molecular formula is C18H19F3N6O2. The lowest BCUT2D eigenvalue weighted by molar-refractivity contribution is -0.137. The summed E-state index contributed by atoms with van der Waals surface area (Å²) in [4.78, 5) is 28.0. The Balaban J connectivity index is 1.56. The quantitative estimate of drug-likeness (QED) is 0.593. The van der Waals surface area contributed by atoms with Gasteiger partial charge in [-0.15, -0.1) is 0 Å². The van der Waals surface area contributed by atoms with Crippen molar-refractivity contribution in [3.05, 3.63) is 41.9 Å². The molecule has 0 radical (unpaired) electrons. The highest BCUT2D eigenvalue weighted by Crippen LogP contribution is 2.34. The number of aromatic nitrogens is 3. The Labute approximate surface area is 164 Å². The third-order valence-electron chi connectivity index (χ3n) is 5.37. The normalized spacial score (nSPS) is 21.8. The number of carbonyl (C=O) groups excluding carboxylic acids is 1. The number of hydrogen-bond donors (Lipinski definition) is 2. The minimum absolute atomic E-state index is 0.0163. The molecule has 2 unspecified atom stereocenters. The van der Waals surface area contributed by atoms with Gasteiger partial charge in [-0.05, 0) is 30.9 Å². The molecule has 3 fully saturated rings. The maximum Gasteiger partial charge on any atom is 0.416 e. The van der Waals surface area contributed by atoms with Gasteiger partial charge in [0.1, 0.15) is 5.82 Å². The molecule has 5 rings (SSSR count). The summed E-state index contributed by atoms with van der Waals surface area (Å²) in [5, 5.41) is 8.69. The summed E-state index contributed by atoms with van der Waals surface area (Å²) >= 11 is 0. The van der Waals surface area contributed by atoms with Crippen LogP contribution in [0.15, 0.2) is 30.7 Å². The molecule has 0 aliphatic carbocycles. The highest BCUT2D eigenvalue weighted by atomic mass is 19.4. The molecule has 3 aliphatic rings.